The normalized spacial score (nSPS) is 10.9. The van der Waals surface area contributed by atoms with Crippen molar-refractivity contribution in [1.29, 1.82) is 0 Å². The third-order valence-corrected chi connectivity index (χ3v) is 3.04. The molecule has 0 spiro atoms. The van der Waals surface area contributed by atoms with E-state index in [2.05, 4.69) is 0 Å². The lowest BCUT2D eigenvalue weighted by atomic mass is 10.1. The summed E-state index contributed by atoms with van der Waals surface area (Å²) >= 11 is 6.04. The van der Waals surface area contributed by atoms with Crippen molar-refractivity contribution < 1.29 is 9.26 Å². The first-order chi connectivity index (χ1) is 8.25. The van der Waals surface area contributed by atoms with E-state index in [0.29, 0.717) is 0 Å². The van der Waals surface area contributed by atoms with Gasteiger partial charge in [-0.15, -0.1) is 0 Å². The van der Waals surface area contributed by atoms with E-state index in [9.17, 15) is 0 Å². The van der Waals surface area contributed by atoms with Crippen molar-refractivity contribution in [2.45, 2.75) is 0 Å². The molecule has 0 aliphatic heterocycles. The van der Waals surface area contributed by atoms with Gasteiger partial charge in [-0.05, 0) is 16.9 Å². The van der Waals surface area contributed by atoms with Crippen LogP contribution in [0.4, 0.5) is 0 Å². The van der Waals surface area contributed by atoms with Crippen molar-refractivity contribution in [3.05, 3.63) is 53.6 Å². The monoisotopic (exact) mass is 244 g/mol. The van der Waals surface area contributed by atoms with Crippen molar-refractivity contribution in [1.82, 2.24) is 0 Å². The summed E-state index contributed by atoms with van der Waals surface area (Å²) in [5.74, 6) is 0.852. The van der Waals surface area contributed by atoms with Crippen molar-refractivity contribution in [2.24, 2.45) is 7.05 Å². The highest BCUT2D eigenvalue weighted by Gasteiger charge is 2.19. The second-order valence-corrected chi connectivity index (χ2v) is 4.38. The lowest BCUT2D eigenvalue weighted by molar-refractivity contribution is -0.823. The van der Waals surface area contributed by atoms with Gasteiger partial charge in [-0.1, -0.05) is 41.9 Å². The Morgan fingerprint density at radius 3 is 2.59 bits per heavy atom. The number of rotatable bonds is 1. The molecule has 0 aliphatic carbocycles. The van der Waals surface area contributed by atoms with Crippen LogP contribution < -0.4 is 4.74 Å². The topological polar surface area (TPSA) is 17.0 Å². The molecule has 0 fully saturated rings. The first-order valence-electron chi connectivity index (χ1n) is 5.40. The Labute approximate surface area is 104 Å². The average Bonchev–Trinajstić information content (AvgIpc) is 2.67. The van der Waals surface area contributed by atoms with Crippen LogP contribution in [-0.2, 0) is 7.05 Å². The number of benzene rings is 2. The Kier molecular flexibility index (Phi) is 2.37. The lowest BCUT2D eigenvalue weighted by Crippen LogP contribution is -2.24. The molecule has 0 aliphatic rings. The van der Waals surface area contributed by atoms with Gasteiger partial charge in [-0.3, -0.25) is 0 Å². The van der Waals surface area contributed by atoms with E-state index in [1.807, 2.05) is 55.6 Å². The van der Waals surface area contributed by atoms with Gasteiger partial charge in [0.05, 0.1) is 0 Å². The van der Waals surface area contributed by atoms with Crippen LogP contribution in [0.25, 0.3) is 22.2 Å². The van der Waals surface area contributed by atoms with Gasteiger partial charge in [0.1, 0.15) is 5.39 Å². The first kappa shape index (κ1) is 10.4. The molecule has 3 aromatic rings. The highest BCUT2D eigenvalue weighted by atomic mass is 35.5. The summed E-state index contributed by atoms with van der Waals surface area (Å²) in [6.07, 6.45) is 0. The minimum Gasteiger partial charge on any atom is -0.235 e. The second kappa shape index (κ2) is 3.90. The van der Waals surface area contributed by atoms with E-state index < -0.39 is 0 Å². The molecule has 0 radical (unpaired) electrons. The Morgan fingerprint density at radius 1 is 1.06 bits per heavy atom. The summed E-state index contributed by atoms with van der Waals surface area (Å²) in [4.78, 5) is 0. The largest absolute Gasteiger partial charge is 0.262 e. The van der Waals surface area contributed by atoms with Crippen LogP contribution in [-0.4, -0.2) is 0 Å². The number of hydrogen-bond donors (Lipinski definition) is 0. The molecule has 0 unspecified atom stereocenters. The molecule has 0 saturated heterocycles. The first-order valence-corrected chi connectivity index (χ1v) is 5.77. The van der Waals surface area contributed by atoms with Crippen LogP contribution in [0.15, 0.2) is 53.1 Å². The maximum Gasteiger partial charge on any atom is 0.262 e. The molecule has 0 saturated carbocycles. The summed E-state index contributed by atoms with van der Waals surface area (Å²) < 4.78 is 7.52. The summed E-state index contributed by atoms with van der Waals surface area (Å²) in [5.41, 5.74) is 2.09. The molecule has 0 atom stereocenters. The van der Waals surface area contributed by atoms with Gasteiger partial charge in [0, 0.05) is 16.7 Å². The van der Waals surface area contributed by atoms with Gasteiger partial charge >= 0.3 is 0 Å². The molecular weight excluding hydrogens is 234 g/mol. The van der Waals surface area contributed by atoms with Crippen LogP contribution in [0, 0.1) is 0 Å². The molecule has 0 N–H and O–H groups in total. The van der Waals surface area contributed by atoms with E-state index in [-0.39, 0.29) is 0 Å². The number of aromatic nitrogens is 1. The number of nitrogens with zero attached hydrogens (tertiary/aromatic N) is 1. The number of aryl methyl sites for hydroxylation is 1. The maximum atomic E-state index is 6.04. The Bertz CT molecular complexity index is 673. The number of halogens is 1. The molecule has 17 heavy (non-hydrogen) atoms. The van der Waals surface area contributed by atoms with E-state index in [1.165, 1.54) is 0 Å². The van der Waals surface area contributed by atoms with Gasteiger partial charge in [0.2, 0.25) is 5.76 Å². The fraction of sp³-hybridized carbons (Fsp3) is 0.0714. The Hall–Kier alpha value is -1.80. The zero-order chi connectivity index (χ0) is 11.8. The standard InChI is InChI=1S/C14H11ClNO/c1-16-13-8-7-11(15)9-12(13)14(17-16)10-5-3-2-4-6-10/h2-9H,1H3/q+1. The van der Waals surface area contributed by atoms with Crippen LogP contribution in [0.2, 0.25) is 5.02 Å². The molecule has 2 aromatic carbocycles. The molecule has 1 heterocycles. The zero-order valence-electron chi connectivity index (χ0n) is 9.35. The lowest BCUT2D eigenvalue weighted by Gasteiger charge is -1.92. The fourth-order valence-electron chi connectivity index (χ4n) is 2.00. The van der Waals surface area contributed by atoms with E-state index in [0.717, 1.165) is 27.2 Å². The predicted molar refractivity (Wildman–Crippen MR) is 67.8 cm³/mol. The summed E-state index contributed by atoms with van der Waals surface area (Å²) in [6.45, 7) is 0. The molecule has 0 bridgehead atoms. The molecular formula is C14H11ClNO+. The second-order valence-electron chi connectivity index (χ2n) is 3.95. The number of fused-ring (bicyclic) bond motifs is 1. The smallest absolute Gasteiger partial charge is 0.235 e. The molecule has 84 valence electrons. The highest BCUT2D eigenvalue weighted by molar-refractivity contribution is 6.31. The van der Waals surface area contributed by atoms with Crippen LogP contribution in [0.5, 0.6) is 0 Å². The Balaban J connectivity index is 2.34. The van der Waals surface area contributed by atoms with Crippen molar-refractivity contribution in [2.75, 3.05) is 0 Å². The molecule has 2 nitrogen and oxygen atoms in total. The van der Waals surface area contributed by atoms with Crippen molar-refractivity contribution in [3.8, 4) is 11.3 Å². The fourth-order valence-corrected chi connectivity index (χ4v) is 2.17. The van der Waals surface area contributed by atoms with Gasteiger partial charge in [0.25, 0.3) is 5.52 Å². The van der Waals surface area contributed by atoms with E-state index in [4.69, 9.17) is 16.1 Å². The van der Waals surface area contributed by atoms with Crippen molar-refractivity contribution >= 4 is 22.5 Å². The zero-order valence-corrected chi connectivity index (χ0v) is 10.1. The summed E-state index contributed by atoms with van der Waals surface area (Å²) in [7, 11) is 1.89. The molecule has 3 heteroatoms. The molecule has 0 amide bonds. The quantitative estimate of drug-likeness (QED) is 0.598. The van der Waals surface area contributed by atoms with E-state index >= 15 is 0 Å². The summed E-state index contributed by atoms with van der Waals surface area (Å²) in [5, 5.41) is 1.75. The van der Waals surface area contributed by atoms with Crippen LogP contribution >= 0.6 is 11.6 Å². The minimum absolute atomic E-state index is 0.719. The molecule has 3 rings (SSSR count). The average molecular weight is 245 g/mol. The third kappa shape index (κ3) is 1.71. The third-order valence-electron chi connectivity index (χ3n) is 2.81. The van der Waals surface area contributed by atoms with Gasteiger partial charge in [-0.2, -0.15) is 0 Å². The minimum atomic E-state index is 0.719. The Morgan fingerprint density at radius 2 is 1.82 bits per heavy atom. The number of hydrogen-bond acceptors (Lipinski definition) is 1. The van der Waals surface area contributed by atoms with Crippen molar-refractivity contribution in [3.63, 3.8) is 0 Å². The van der Waals surface area contributed by atoms with Gasteiger partial charge in [0.15, 0.2) is 7.05 Å². The van der Waals surface area contributed by atoms with Crippen LogP contribution in [0.3, 0.4) is 0 Å². The van der Waals surface area contributed by atoms with E-state index in [1.54, 1.807) is 4.74 Å². The highest BCUT2D eigenvalue weighted by Crippen LogP contribution is 2.29. The maximum absolute atomic E-state index is 6.04. The predicted octanol–water partition coefficient (Wildman–Crippen LogP) is 3.58. The van der Waals surface area contributed by atoms with Crippen LogP contribution in [0.1, 0.15) is 0 Å². The SMILES string of the molecule is C[n+]1oc(-c2ccccc2)c2cc(Cl)ccc21. The summed E-state index contributed by atoms with van der Waals surface area (Å²) in [6, 6.07) is 15.8. The van der Waals surface area contributed by atoms with Gasteiger partial charge in [-0.25, -0.2) is 4.52 Å². The van der Waals surface area contributed by atoms with Gasteiger partial charge < -0.3 is 0 Å². The molecule has 1 aromatic heterocycles.